The molecule has 3 nitrogen and oxygen atoms in total. The number of nitrogens with zero attached hydrogens (tertiary/aromatic N) is 1. The second-order valence-corrected chi connectivity index (χ2v) is 3.19. The van der Waals surface area contributed by atoms with Gasteiger partial charge in [-0.25, -0.2) is 0 Å². The summed E-state index contributed by atoms with van der Waals surface area (Å²) in [7, 11) is 0. The molecule has 0 aliphatic carbocycles. The Kier molecular flexibility index (Phi) is 2.72. The van der Waals surface area contributed by atoms with Gasteiger partial charge in [0.25, 0.3) is 0 Å². The highest BCUT2D eigenvalue weighted by Crippen LogP contribution is 2.15. The summed E-state index contributed by atoms with van der Waals surface area (Å²) >= 11 is 0. The molecule has 1 aromatic heterocycles. The highest BCUT2D eigenvalue weighted by atomic mass is 15.2. The fourth-order valence-electron chi connectivity index (χ4n) is 1.58. The van der Waals surface area contributed by atoms with Gasteiger partial charge in [0.15, 0.2) is 0 Å². The van der Waals surface area contributed by atoms with Crippen molar-refractivity contribution in [3.63, 3.8) is 0 Å². The number of nitrogens with one attached hydrogen (secondary N) is 1. The van der Waals surface area contributed by atoms with Gasteiger partial charge in [-0.3, -0.25) is 16.3 Å². The number of pyridine rings is 1. The Morgan fingerprint density at radius 1 is 1.21 bits per heavy atom. The Balaban J connectivity index is 2.43. The van der Waals surface area contributed by atoms with Crippen molar-refractivity contribution in [1.29, 1.82) is 0 Å². The van der Waals surface area contributed by atoms with Gasteiger partial charge < -0.3 is 0 Å². The minimum atomic E-state index is 0.786. The van der Waals surface area contributed by atoms with E-state index in [2.05, 4.69) is 16.5 Å². The number of hydrogen-bond donors (Lipinski definition) is 2. The third-order valence-corrected chi connectivity index (χ3v) is 2.28. The zero-order chi connectivity index (χ0) is 9.80. The van der Waals surface area contributed by atoms with E-state index in [1.807, 2.05) is 30.5 Å². The van der Waals surface area contributed by atoms with E-state index in [1.165, 1.54) is 10.9 Å². The fourth-order valence-corrected chi connectivity index (χ4v) is 1.58. The zero-order valence-electron chi connectivity index (χ0n) is 7.90. The first kappa shape index (κ1) is 9.12. The number of benzene rings is 1. The van der Waals surface area contributed by atoms with Gasteiger partial charge >= 0.3 is 0 Å². The first-order valence-corrected chi connectivity index (χ1v) is 4.68. The molecule has 3 N–H and O–H groups in total. The summed E-state index contributed by atoms with van der Waals surface area (Å²) in [5.41, 5.74) is 4.99. The van der Waals surface area contributed by atoms with Gasteiger partial charge in [-0.2, -0.15) is 0 Å². The van der Waals surface area contributed by atoms with Crippen molar-refractivity contribution in [3.05, 3.63) is 42.1 Å². The maximum absolute atomic E-state index is 5.25. The van der Waals surface area contributed by atoms with Crippen LogP contribution in [-0.4, -0.2) is 11.5 Å². The number of fused-ring (bicyclic) bond motifs is 1. The second-order valence-electron chi connectivity index (χ2n) is 3.19. The van der Waals surface area contributed by atoms with Crippen molar-refractivity contribution >= 4 is 10.9 Å². The van der Waals surface area contributed by atoms with Gasteiger partial charge in [0.2, 0.25) is 0 Å². The van der Waals surface area contributed by atoms with Crippen LogP contribution in [0.4, 0.5) is 0 Å². The lowest BCUT2D eigenvalue weighted by Crippen LogP contribution is -2.24. The van der Waals surface area contributed by atoms with Gasteiger partial charge in [0.05, 0.1) is 5.52 Å². The van der Waals surface area contributed by atoms with Gasteiger partial charge in [-0.15, -0.1) is 0 Å². The van der Waals surface area contributed by atoms with Gasteiger partial charge in [-0.05, 0) is 24.1 Å². The summed E-state index contributed by atoms with van der Waals surface area (Å²) in [6.07, 6.45) is 2.77. The molecule has 14 heavy (non-hydrogen) atoms. The molecule has 0 saturated carbocycles. The van der Waals surface area contributed by atoms with E-state index < -0.39 is 0 Å². The highest BCUT2D eigenvalue weighted by molar-refractivity contribution is 5.81. The van der Waals surface area contributed by atoms with Crippen LogP contribution in [0.15, 0.2) is 36.5 Å². The standard InChI is InChI=1S/C11H13N3/c12-14-8-6-9-5-7-13-11-4-2-1-3-10(9)11/h1-5,7,14H,6,8,12H2. The predicted octanol–water partition coefficient (Wildman–Crippen LogP) is 1.24. The highest BCUT2D eigenvalue weighted by Gasteiger charge is 1.99. The molecule has 1 heterocycles. The third kappa shape index (κ3) is 1.73. The molecule has 3 heteroatoms. The number of aromatic nitrogens is 1. The maximum Gasteiger partial charge on any atom is 0.0704 e. The average molecular weight is 187 g/mol. The Labute approximate surface area is 82.9 Å². The molecule has 0 aliphatic heterocycles. The number of hydrogen-bond acceptors (Lipinski definition) is 3. The first-order chi connectivity index (χ1) is 6.92. The molecule has 0 amide bonds. The molecule has 1 aromatic carbocycles. The van der Waals surface area contributed by atoms with Crippen LogP contribution in [0.2, 0.25) is 0 Å². The molecule has 0 bridgehead atoms. The topological polar surface area (TPSA) is 50.9 Å². The summed E-state index contributed by atoms with van der Waals surface area (Å²) in [6.45, 7) is 0.786. The Morgan fingerprint density at radius 3 is 2.93 bits per heavy atom. The van der Waals surface area contributed by atoms with Crippen molar-refractivity contribution < 1.29 is 0 Å². The number of para-hydroxylation sites is 1. The largest absolute Gasteiger partial charge is 0.271 e. The molecule has 2 aromatic rings. The Hall–Kier alpha value is -1.45. The van der Waals surface area contributed by atoms with Crippen LogP contribution in [-0.2, 0) is 6.42 Å². The molecular formula is C11H13N3. The normalized spacial score (nSPS) is 10.6. The van der Waals surface area contributed by atoms with Gasteiger partial charge in [0, 0.05) is 18.1 Å². The van der Waals surface area contributed by atoms with E-state index in [0.717, 1.165) is 18.5 Å². The zero-order valence-corrected chi connectivity index (χ0v) is 7.90. The third-order valence-electron chi connectivity index (χ3n) is 2.28. The monoisotopic (exact) mass is 187 g/mol. The van der Waals surface area contributed by atoms with Gasteiger partial charge in [0.1, 0.15) is 0 Å². The smallest absolute Gasteiger partial charge is 0.0704 e. The number of rotatable bonds is 3. The molecule has 0 saturated heterocycles. The van der Waals surface area contributed by atoms with E-state index >= 15 is 0 Å². The molecule has 0 atom stereocenters. The van der Waals surface area contributed by atoms with E-state index in [9.17, 15) is 0 Å². The van der Waals surface area contributed by atoms with Crippen LogP contribution in [0.3, 0.4) is 0 Å². The Bertz CT molecular complexity index is 420. The van der Waals surface area contributed by atoms with Crippen LogP contribution in [0.1, 0.15) is 5.56 Å². The van der Waals surface area contributed by atoms with E-state index in [1.54, 1.807) is 0 Å². The lowest BCUT2D eigenvalue weighted by Gasteiger charge is -2.04. The summed E-state index contributed by atoms with van der Waals surface area (Å²) < 4.78 is 0. The molecule has 0 spiro atoms. The molecule has 72 valence electrons. The summed E-state index contributed by atoms with van der Waals surface area (Å²) in [6, 6.07) is 10.2. The maximum atomic E-state index is 5.25. The number of nitrogens with two attached hydrogens (primary N) is 1. The molecule has 2 rings (SSSR count). The summed E-state index contributed by atoms with van der Waals surface area (Å²) in [5, 5.41) is 1.21. The second kappa shape index (κ2) is 4.17. The van der Waals surface area contributed by atoms with Crippen molar-refractivity contribution in [2.24, 2.45) is 5.84 Å². The summed E-state index contributed by atoms with van der Waals surface area (Å²) in [4.78, 5) is 4.30. The molecule has 0 aliphatic rings. The van der Waals surface area contributed by atoms with Crippen molar-refractivity contribution in [3.8, 4) is 0 Å². The van der Waals surface area contributed by atoms with Crippen LogP contribution in [0.5, 0.6) is 0 Å². The predicted molar refractivity (Wildman–Crippen MR) is 57.6 cm³/mol. The van der Waals surface area contributed by atoms with Crippen LogP contribution < -0.4 is 11.3 Å². The average Bonchev–Trinajstić information content (AvgIpc) is 2.26. The number of hydrazine groups is 1. The molecular weight excluding hydrogens is 174 g/mol. The Morgan fingerprint density at radius 2 is 2.07 bits per heavy atom. The SMILES string of the molecule is NNCCc1ccnc2ccccc12. The quantitative estimate of drug-likeness (QED) is 0.561. The molecule has 0 fully saturated rings. The minimum absolute atomic E-state index is 0.786. The fraction of sp³-hybridized carbons (Fsp3) is 0.182. The molecule has 0 radical (unpaired) electrons. The van der Waals surface area contributed by atoms with E-state index in [0.29, 0.717) is 0 Å². The molecule has 0 unspecified atom stereocenters. The van der Waals surface area contributed by atoms with Crippen molar-refractivity contribution in [2.45, 2.75) is 6.42 Å². The van der Waals surface area contributed by atoms with Crippen LogP contribution in [0, 0.1) is 0 Å². The first-order valence-electron chi connectivity index (χ1n) is 4.68. The minimum Gasteiger partial charge on any atom is -0.271 e. The van der Waals surface area contributed by atoms with Gasteiger partial charge in [-0.1, -0.05) is 18.2 Å². The summed E-state index contributed by atoms with van der Waals surface area (Å²) in [5.74, 6) is 5.25. The van der Waals surface area contributed by atoms with Crippen LogP contribution in [0.25, 0.3) is 10.9 Å². The van der Waals surface area contributed by atoms with E-state index in [-0.39, 0.29) is 0 Å². The van der Waals surface area contributed by atoms with Crippen LogP contribution >= 0.6 is 0 Å². The van der Waals surface area contributed by atoms with Crippen molar-refractivity contribution in [1.82, 2.24) is 10.4 Å². The van der Waals surface area contributed by atoms with E-state index in [4.69, 9.17) is 5.84 Å². The van der Waals surface area contributed by atoms with Crippen molar-refractivity contribution in [2.75, 3.05) is 6.54 Å². The lowest BCUT2D eigenvalue weighted by molar-refractivity contribution is 0.730. The lowest BCUT2D eigenvalue weighted by atomic mass is 10.1.